The molecule has 0 spiro atoms. The molecule has 6 nitrogen and oxygen atoms in total. The van der Waals surface area contributed by atoms with Gasteiger partial charge in [0.05, 0.1) is 16.5 Å². The first-order chi connectivity index (χ1) is 12.3. The smallest absolute Gasteiger partial charge is 0.240 e. The first-order valence-corrected chi connectivity index (χ1v) is 9.70. The van der Waals surface area contributed by atoms with Crippen molar-refractivity contribution >= 4 is 21.6 Å². The van der Waals surface area contributed by atoms with E-state index >= 15 is 0 Å². The second-order valence-corrected chi connectivity index (χ2v) is 7.87. The summed E-state index contributed by atoms with van der Waals surface area (Å²) >= 11 is 0. The van der Waals surface area contributed by atoms with Crippen molar-refractivity contribution in [3.05, 3.63) is 59.7 Å². The van der Waals surface area contributed by atoms with Crippen LogP contribution in [-0.2, 0) is 21.2 Å². The molecule has 0 bridgehead atoms. The van der Waals surface area contributed by atoms with Gasteiger partial charge >= 0.3 is 0 Å². The van der Waals surface area contributed by atoms with Gasteiger partial charge in [-0.3, -0.25) is 4.79 Å². The molecule has 0 unspecified atom stereocenters. The summed E-state index contributed by atoms with van der Waals surface area (Å²) in [7, 11) is -3.51. The molecule has 0 radical (unpaired) electrons. The maximum atomic E-state index is 12.1. The van der Waals surface area contributed by atoms with Crippen LogP contribution in [0.3, 0.4) is 0 Å². The van der Waals surface area contributed by atoms with Crippen molar-refractivity contribution in [2.24, 2.45) is 0 Å². The van der Waals surface area contributed by atoms with Crippen LogP contribution in [0.1, 0.15) is 31.4 Å². The molecule has 0 atom stereocenters. The van der Waals surface area contributed by atoms with Gasteiger partial charge in [0.15, 0.2) is 0 Å². The first kappa shape index (κ1) is 19.6. The van der Waals surface area contributed by atoms with Gasteiger partial charge in [-0.1, -0.05) is 18.2 Å². The standard InChI is InChI=1S/C19H21N3O3S/c1-14(2)22-26(24,25)18-9-6-15(7-10-18)8-11-19(23)21-17-5-3-4-16(12-17)13-20/h3-7,9-10,12,14,22H,8,11H2,1-2H3,(H,21,23). The van der Waals surface area contributed by atoms with Gasteiger partial charge < -0.3 is 5.32 Å². The van der Waals surface area contributed by atoms with E-state index in [0.29, 0.717) is 17.7 Å². The summed E-state index contributed by atoms with van der Waals surface area (Å²) in [4.78, 5) is 12.2. The van der Waals surface area contributed by atoms with E-state index in [4.69, 9.17) is 5.26 Å². The average Bonchev–Trinajstić information content (AvgIpc) is 2.59. The van der Waals surface area contributed by atoms with Gasteiger partial charge in [0.25, 0.3) is 0 Å². The molecule has 0 aliphatic rings. The van der Waals surface area contributed by atoms with Crippen LogP contribution in [0.5, 0.6) is 0 Å². The molecule has 26 heavy (non-hydrogen) atoms. The molecule has 0 saturated heterocycles. The Morgan fingerprint density at radius 1 is 1.15 bits per heavy atom. The molecule has 0 heterocycles. The van der Waals surface area contributed by atoms with Crippen molar-refractivity contribution in [3.8, 4) is 6.07 Å². The Hall–Kier alpha value is -2.69. The Bertz CT molecular complexity index is 914. The number of nitrogens with zero attached hydrogens (tertiary/aromatic N) is 1. The van der Waals surface area contributed by atoms with Crippen molar-refractivity contribution in [3.63, 3.8) is 0 Å². The van der Waals surface area contributed by atoms with Gasteiger partial charge in [-0.15, -0.1) is 0 Å². The predicted octanol–water partition coefficient (Wildman–Crippen LogP) is 2.82. The maximum absolute atomic E-state index is 12.1. The van der Waals surface area contributed by atoms with Crippen molar-refractivity contribution < 1.29 is 13.2 Å². The minimum Gasteiger partial charge on any atom is -0.326 e. The van der Waals surface area contributed by atoms with Gasteiger partial charge in [-0.05, 0) is 56.2 Å². The SMILES string of the molecule is CC(C)NS(=O)(=O)c1ccc(CCC(=O)Nc2cccc(C#N)c2)cc1. The van der Waals surface area contributed by atoms with Crippen LogP contribution in [0.25, 0.3) is 0 Å². The summed E-state index contributed by atoms with van der Waals surface area (Å²) in [6.07, 6.45) is 0.745. The highest BCUT2D eigenvalue weighted by molar-refractivity contribution is 7.89. The average molecular weight is 371 g/mol. The topological polar surface area (TPSA) is 99.1 Å². The summed E-state index contributed by atoms with van der Waals surface area (Å²) in [6.45, 7) is 3.52. The van der Waals surface area contributed by atoms with E-state index < -0.39 is 10.0 Å². The predicted molar refractivity (Wildman–Crippen MR) is 100 cm³/mol. The van der Waals surface area contributed by atoms with E-state index in [2.05, 4.69) is 10.0 Å². The summed E-state index contributed by atoms with van der Waals surface area (Å²) < 4.78 is 26.7. The number of rotatable bonds is 7. The van der Waals surface area contributed by atoms with Crippen LogP contribution in [0, 0.1) is 11.3 Å². The molecule has 7 heteroatoms. The Kier molecular flexibility index (Phi) is 6.50. The quantitative estimate of drug-likeness (QED) is 0.782. The number of amides is 1. The van der Waals surface area contributed by atoms with Crippen LogP contribution < -0.4 is 10.0 Å². The third kappa shape index (κ3) is 5.69. The number of hydrogen-bond acceptors (Lipinski definition) is 4. The van der Waals surface area contributed by atoms with Crippen molar-refractivity contribution in [1.82, 2.24) is 4.72 Å². The Balaban J connectivity index is 1.93. The van der Waals surface area contributed by atoms with Crippen LogP contribution in [-0.4, -0.2) is 20.4 Å². The largest absolute Gasteiger partial charge is 0.326 e. The maximum Gasteiger partial charge on any atom is 0.240 e. The minimum atomic E-state index is -3.51. The molecule has 0 aliphatic carbocycles. The Morgan fingerprint density at radius 2 is 1.85 bits per heavy atom. The first-order valence-electron chi connectivity index (χ1n) is 8.21. The van der Waals surface area contributed by atoms with Crippen molar-refractivity contribution in [2.45, 2.75) is 37.6 Å². The normalized spacial score (nSPS) is 11.2. The van der Waals surface area contributed by atoms with Crippen LogP contribution in [0.15, 0.2) is 53.4 Å². The molecule has 2 aromatic carbocycles. The summed E-state index contributed by atoms with van der Waals surface area (Å²) in [5.41, 5.74) is 1.93. The molecule has 136 valence electrons. The number of anilines is 1. The van der Waals surface area contributed by atoms with E-state index in [0.717, 1.165) is 5.56 Å². The van der Waals surface area contributed by atoms with E-state index in [-0.39, 0.29) is 23.3 Å². The summed E-state index contributed by atoms with van der Waals surface area (Å²) in [6, 6.07) is 15.0. The van der Waals surface area contributed by atoms with Gasteiger partial charge in [-0.2, -0.15) is 5.26 Å². The number of sulfonamides is 1. The number of carbonyl (C=O) groups excluding carboxylic acids is 1. The third-order valence-electron chi connectivity index (χ3n) is 3.54. The van der Waals surface area contributed by atoms with E-state index in [1.54, 1.807) is 50.2 Å². The Labute approximate surface area is 153 Å². The second kappa shape index (κ2) is 8.61. The van der Waals surface area contributed by atoms with E-state index in [1.807, 2.05) is 6.07 Å². The van der Waals surface area contributed by atoms with Gasteiger partial charge in [0, 0.05) is 18.2 Å². The summed E-state index contributed by atoms with van der Waals surface area (Å²) in [5, 5.41) is 11.6. The van der Waals surface area contributed by atoms with E-state index in [9.17, 15) is 13.2 Å². The van der Waals surface area contributed by atoms with Gasteiger partial charge in [0.1, 0.15) is 0 Å². The number of carbonyl (C=O) groups is 1. The molecule has 0 aliphatic heterocycles. The minimum absolute atomic E-state index is 0.168. The fraction of sp³-hybridized carbons (Fsp3) is 0.263. The lowest BCUT2D eigenvalue weighted by atomic mass is 10.1. The molecular formula is C19H21N3O3S. The molecule has 0 saturated carbocycles. The molecule has 0 fully saturated rings. The number of nitrogens with one attached hydrogen (secondary N) is 2. The molecule has 0 aromatic heterocycles. The highest BCUT2D eigenvalue weighted by atomic mass is 32.2. The second-order valence-electron chi connectivity index (χ2n) is 6.16. The zero-order valence-electron chi connectivity index (χ0n) is 14.7. The monoisotopic (exact) mass is 371 g/mol. The third-order valence-corrected chi connectivity index (χ3v) is 5.22. The lowest BCUT2D eigenvalue weighted by molar-refractivity contribution is -0.116. The lowest BCUT2D eigenvalue weighted by Crippen LogP contribution is -2.30. The zero-order valence-corrected chi connectivity index (χ0v) is 15.5. The molecule has 2 rings (SSSR count). The fourth-order valence-corrected chi connectivity index (χ4v) is 3.61. The van der Waals surface area contributed by atoms with Gasteiger partial charge in [-0.25, -0.2) is 13.1 Å². The summed E-state index contributed by atoms with van der Waals surface area (Å²) in [5.74, 6) is -0.168. The van der Waals surface area contributed by atoms with Crippen LogP contribution >= 0.6 is 0 Å². The molecular weight excluding hydrogens is 350 g/mol. The molecule has 2 aromatic rings. The highest BCUT2D eigenvalue weighted by Gasteiger charge is 2.15. The number of benzene rings is 2. The number of aryl methyl sites for hydroxylation is 1. The Morgan fingerprint density at radius 3 is 2.46 bits per heavy atom. The molecule has 2 N–H and O–H groups in total. The highest BCUT2D eigenvalue weighted by Crippen LogP contribution is 2.14. The van der Waals surface area contributed by atoms with Crippen LogP contribution in [0.4, 0.5) is 5.69 Å². The molecule has 1 amide bonds. The van der Waals surface area contributed by atoms with Gasteiger partial charge in [0.2, 0.25) is 15.9 Å². The lowest BCUT2D eigenvalue weighted by Gasteiger charge is -2.10. The van der Waals surface area contributed by atoms with Crippen molar-refractivity contribution in [2.75, 3.05) is 5.32 Å². The zero-order chi connectivity index (χ0) is 19.2. The van der Waals surface area contributed by atoms with Crippen LogP contribution in [0.2, 0.25) is 0 Å². The van der Waals surface area contributed by atoms with Crippen molar-refractivity contribution in [1.29, 1.82) is 5.26 Å². The number of hydrogen-bond donors (Lipinski definition) is 2. The number of nitriles is 1. The van der Waals surface area contributed by atoms with E-state index in [1.165, 1.54) is 12.1 Å². The fourth-order valence-electron chi connectivity index (χ4n) is 2.36.